The van der Waals surface area contributed by atoms with Gasteiger partial charge in [0.25, 0.3) is 5.78 Å². The van der Waals surface area contributed by atoms with Crippen molar-refractivity contribution in [3.05, 3.63) is 75.5 Å². The van der Waals surface area contributed by atoms with Crippen LogP contribution in [0.3, 0.4) is 0 Å². The molecule has 1 saturated heterocycles. The fourth-order valence-electron chi connectivity index (χ4n) is 4.49. The number of anilines is 1. The van der Waals surface area contributed by atoms with Gasteiger partial charge in [-0.2, -0.15) is 0 Å². The van der Waals surface area contributed by atoms with E-state index in [9.17, 15) is 14.7 Å². The van der Waals surface area contributed by atoms with E-state index >= 15 is 0 Å². The molecule has 3 heterocycles. The number of carbonyl (C=O) groups excluding carboxylic acids is 2. The molecule has 1 amide bonds. The largest absolute Gasteiger partial charge is 0.507 e. The summed E-state index contributed by atoms with van der Waals surface area (Å²) in [5.74, 6) is -0.148. The molecule has 0 radical (unpaired) electrons. The minimum Gasteiger partial charge on any atom is -0.507 e. The standard InChI is InChI=1S/C28H26N2O5S2/c1-5-35-17-9-10-19-22(14-17)37-28(29-19)30-24(21-7-6-12-36-21)23(26(32)27(30)33)25(31)16-8-11-20(34-4)18(13-16)15(2)3/h6-15,24,31H,5H2,1-4H3/b25-23+. The summed E-state index contributed by atoms with van der Waals surface area (Å²) in [5.41, 5.74) is 2.09. The van der Waals surface area contributed by atoms with Crippen LogP contribution in [0.2, 0.25) is 0 Å². The number of benzene rings is 2. The van der Waals surface area contributed by atoms with Crippen molar-refractivity contribution in [3.63, 3.8) is 0 Å². The molecule has 1 unspecified atom stereocenters. The molecule has 0 aliphatic carbocycles. The van der Waals surface area contributed by atoms with Crippen molar-refractivity contribution in [2.75, 3.05) is 18.6 Å². The van der Waals surface area contributed by atoms with Gasteiger partial charge in [-0.3, -0.25) is 14.5 Å². The fraction of sp³-hybridized carbons (Fsp3) is 0.250. The van der Waals surface area contributed by atoms with Crippen LogP contribution >= 0.6 is 22.7 Å². The Morgan fingerprint density at radius 1 is 1.16 bits per heavy atom. The average molecular weight is 535 g/mol. The normalized spacial score (nSPS) is 17.2. The molecule has 2 aromatic heterocycles. The molecule has 0 spiro atoms. The molecule has 9 heteroatoms. The Balaban J connectivity index is 1.66. The minimum atomic E-state index is -0.795. The molecule has 0 saturated carbocycles. The first-order chi connectivity index (χ1) is 17.8. The van der Waals surface area contributed by atoms with Crippen LogP contribution in [-0.2, 0) is 9.59 Å². The summed E-state index contributed by atoms with van der Waals surface area (Å²) >= 11 is 2.72. The van der Waals surface area contributed by atoms with Crippen LogP contribution in [0.4, 0.5) is 5.13 Å². The van der Waals surface area contributed by atoms with Gasteiger partial charge in [-0.15, -0.1) is 11.3 Å². The Labute approximate surface area is 222 Å². The third-order valence-electron chi connectivity index (χ3n) is 6.25. The van der Waals surface area contributed by atoms with Gasteiger partial charge in [0.2, 0.25) is 0 Å². The van der Waals surface area contributed by atoms with Crippen LogP contribution in [0.1, 0.15) is 48.7 Å². The molecule has 1 aliphatic heterocycles. The number of thiophene rings is 1. The van der Waals surface area contributed by atoms with Gasteiger partial charge in [-0.1, -0.05) is 31.3 Å². The number of methoxy groups -OCH3 is 1. The van der Waals surface area contributed by atoms with E-state index in [0.29, 0.717) is 34.3 Å². The molecule has 4 aromatic rings. The maximum Gasteiger partial charge on any atom is 0.301 e. The average Bonchev–Trinajstić information content (AvgIpc) is 3.62. The molecule has 190 valence electrons. The molecule has 5 rings (SSSR count). The van der Waals surface area contributed by atoms with E-state index in [2.05, 4.69) is 4.98 Å². The van der Waals surface area contributed by atoms with Gasteiger partial charge >= 0.3 is 5.91 Å². The number of aromatic nitrogens is 1. The number of ketones is 1. The number of amides is 1. The molecule has 2 aromatic carbocycles. The molecule has 1 N–H and O–H groups in total. The van der Waals surface area contributed by atoms with Crippen molar-refractivity contribution in [2.45, 2.75) is 32.7 Å². The summed E-state index contributed by atoms with van der Waals surface area (Å²) in [6, 6.07) is 13.7. The second-order valence-corrected chi connectivity index (χ2v) is 10.8. The third-order valence-corrected chi connectivity index (χ3v) is 8.19. The summed E-state index contributed by atoms with van der Waals surface area (Å²) in [4.78, 5) is 33.7. The predicted molar refractivity (Wildman–Crippen MR) is 147 cm³/mol. The number of Topliss-reactive ketones (excluding diaryl/α,β-unsaturated/α-hetero) is 1. The molecule has 1 fully saturated rings. The Kier molecular flexibility index (Phi) is 6.74. The zero-order valence-corrected chi connectivity index (χ0v) is 22.5. The highest BCUT2D eigenvalue weighted by atomic mass is 32.1. The highest BCUT2D eigenvalue weighted by molar-refractivity contribution is 7.22. The van der Waals surface area contributed by atoms with Crippen LogP contribution in [-0.4, -0.2) is 35.5 Å². The molecule has 0 bridgehead atoms. The fourth-order valence-corrected chi connectivity index (χ4v) is 6.33. The Morgan fingerprint density at radius 3 is 2.65 bits per heavy atom. The van der Waals surface area contributed by atoms with Crippen LogP contribution < -0.4 is 14.4 Å². The lowest BCUT2D eigenvalue weighted by molar-refractivity contribution is -0.132. The Bertz CT molecular complexity index is 1520. The number of hydrogen-bond acceptors (Lipinski definition) is 8. The highest BCUT2D eigenvalue weighted by Gasteiger charge is 2.48. The zero-order chi connectivity index (χ0) is 26.3. The highest BCUT2D eigenvalue weighted by Crippen LogP contribution is 2.46. The molecule has 37 heavy (non-hydrogen) atoms. The van der Waals surface area contributed by atoms with E-state index in [1.54, 1.807) is 19.2 Å². The predicted octanol–water partition coefficient (Wildman–Crippen LogP) is 6.51. The summed E-state index contributed by atoms with van der Waals surface area (Å²) in [5, 5.41) is 13.7. The van der Waals surface area contributed by atoms with E-state index in [4.69, 9.17) is 9.47 Å². The number of nitrogens with zero attached hydrogens (tertiary/aromatic N) is 2. The number of fused-ring (bicyclic) bond motifs is 1. The van der Waals surface area contributed by atoms with Gasteiger partial charge in [0.15, 0.2) is 5.13 Å². The van der Waals surface area contributed by atoms with Crippen molar-refractivity contribution in [3.8, 4) is 11.5 Å². The number of carbonyl (C=O) groups is 2. The third kappa shape index (κ3) is 4.38. The van der Waals surface area contributed by atoms with Crippen molar-refractivity contribution in [2.24, 2.45) is 0 Å². The maximum atomic E-state index is 13.4. The lowest BCUT2D eigenvalue weighted by Gasteiger charge is -2.21. The Hall–Kier alpha value is -3.69. The maximum absolute atomic E-state index is 13.4. The van der Waals surface area contributed by atoms with Crippen LogP contribution in [0.5, 0.6) is 11.5 Å². The summed E-state index contributed by atoms with van der Waals surface area (Å²) in [7, 11) is 1.60. The first kappa shape index (κ1) is 25.0. The van der Waals surface area contributed by atoms with Gasteiger partial charge in [-0.25, -0.2) is 4.98 Å². The van der Waals surface area contributed by atoms with Crippen molar-refractivity contribution >= 4 is 55.5 Å². The Morgan fingerprint density at radius 2 is 1.97 bits per heavy atom. The summed E-state index contributed by atoms with van der Waals surface area (Å²) in [6.07, 6.45) is 0. The smallest absolute Gasteiger partial charge is 0.301 e. The number of aliphatic hydroxyl groups excluding tert-OH is 1. The number of rotatable bonds is 7. The number of ether oxygens (including phenoxy) is 2. The topological polar surface area (TPSA) is 89.0 Å². The monoisotopic (exact) mass is 534 g/mol. The van der Waals surface area contributed by atoms with Gasteiger partial charge < -0.3 is 14.6 Å². The quantitative estimate of drug-likeness (QED) is 0.165. The molecule has 7 nitrogen and oxygen atoms in total. The number of thiazole rings is 1. The van der Waals surface area contributed by atoms with Gasteiger partial charge in [-0.05, 0) is 66.2 Å². The van der Waals surface area contributed by atoms with E-state index in [1.165, 1.54) is 27.6 Å². The van der Waals surface area contributed by atoms with E-state index in [0.717, 1.165) is 15.1 Å². The lowest BCUT2D eigenvalue weighted by atomic mass is 9.95. The summed E-state index contributed by atoms with van der Waals surface area (Å²) < 4.78 is 11.9. The van der Waals surface area contributed by atoms with Crippen LogP contribution in [0.15, 0.2) is 59.5 Å². The lowest BCUT2D eigenvalue weighted by Crippen LogP contribution is -2.28. The second kappa shape index (κ2) is 9.99. The van der Waals surface area contributed by atoms with Crippen molar-refractivity contribution in [1.29, 1.82) is 0 Å². The minimum absolute atomic E-state index is 0.0431. The number of hydrogen-bond donors (Lipinski definition) is 1. The SMILES string of the molecule is CCOc1ccc2nc(N3C(=O)C(=O)/C(=C(/O)c4ccc(OC)c(C(C)C)c4)C3c3cccs3)sc2c1. The zero-order valence-electron chi connectivity index (χ0n) is 20.8. The first-order valence-corrected chi connectivity index (χ1v) is 13.6. The molecule has 1 aliphatic rings. The molecular formula is C28H26N2O5S2. The molecular weight excluding hydrogens is 508 g/mol. The van der Waals surface area contributed by atoms with Crippen molar-refractivity contribution < 1.29 is 24.2 Å². The molecule has 1 atom stereocenters. The number of aliphatic hydroxyl groups is 1. The summed E-state index contributed by atoms with van der Waals surface area (Å²) in [6.45, 7) is 6.50. The van der Waals surface area contributed by atoms with Crippen LogP contribution in [0, 0.1) is 0 Å². The first-order valence-electron chi connectivity index (χ1n) is 11.9. The van der Waals surface area contributed by atoms with Gasteiger partial charge in [0.1, 0.15) is 23.3 Å². The van der Waals surface area contributed by atoms with Gasteiger partial charge in [0, 0.05) is 10.4 Å². The van der Waals surface area contributed by atoms with E-state index in [1.807, 2.05) is 62.5 Å². The van der Waals surface area contributed by atoms with E-state index < -0.39 is 17.7 Å². The second-order valence-electron chi connectivity index (χ2n) is 8.85. The van der Waals surface area contributed by atoms with Crippen molar-refractivity contribution in [1.82, 2.24) is 4.98 Å². The van der Waals surface area contributed by atoms with Gasteiger partial charge in [0.05, 0.1) is 29.5 Å². The van der Waals surface area contributed by atoms with E-state index in [-0.39, 0.29) is 17.3 Å². The van der Waals surface area contributed by atoms with Crippen LogP contribution in [0.25, 0.3) is 16.0 Å².